The Morgan fingerprint density at radius 1 is 0.750 bits per heavy atom. The maximum absolute atomic E-state index is 14.3. The molecule has 0 fully saturated rings. The predicted octanol–water partition coefficient (Wildman–Crippen LogP) is 9.48. The smallest absolute Gasteiger partial charge is 0.314 e. The fourth-order valence-electron chi connectivity index (χ4n) is 8.06. The van der Waals surface area contributed by atoms with Gasteiger partial charge in [-0.15, -0.1) is 0 Å². The van der Waals surface area contributed by atoms with Crippen molar-refractivity contribution in [1.82, 2.24) is 0 Å². The van der Waals surface area contributed by atoms with Crippen LogP contribution in [-0.2, 0) is 37.4 Å². The summed E-state index contributed by atoms with van der Waals surface area (Å²) in [5.41, 5.74) is -0.738. The third kappa shape index (κ3) is 13.9. The molecule has 0 saturated heterocycles. The highest BCUT2D eigenvalue weighted by molar-refractivity contribution is 6.87. The predicted molar refractivity (Wildman–Crippen MR) is 219 cm³/mol. The summed E-state index contributed by atoms with van der Waals surface area (Å²) in [6, 6.07) is 21.4. The third-order valence-corrected chi connectivity index (χ3v) is 19.4. The molecule has 2 aromatic carbocycles. The summed E-state index contributed by atoms with van der Waals surface area (Å²) in [5, 5.41) is 11.1. The van der Waals surface area contributed by atoms with Gasteiger partial charge in [-0.1, -0.05) is 80.9 Å². The van der Waals surface area contributed by atoms with Gasteiger partial charge in [0.15, 0.2) is 16.6 Å². The van der Waals surface area contributed by atoms with E-state index >= 15 is 0 Å². The van der Waals surface area contributed by atoms with Crippen molar-refractivity contribution in [2.24, 2.45) is 16.7 Å². The first-order valence-corrected chi connectivity index (χ1v) is 28.3. The number of ether oxygens (including phenoxy) is 3. The van der Waals surface area contributed by atoms with Crippen LogP contribution in [0.15, 0.2) is 60.7 Å². The molecule has 0 spiro atoms. The Labute approximate surface area is 318 Å². The molecular weight excluding hydrogens is 705 g/mol. The summed E-state index contributed by atoms with van der Waals surface area (Å²) in [4.78, 5) is 28.5. The molecule has 0 aliphatic carbocycles. The second-order valence-electron chi connectivity index (χ2n) is 17.6. The lowest BCUT2D eigenvalue weighted by Gasteiger charge is -2.45. The fourth-order valence-corrected chi connectivity index (χ4v) is 20.6. The quantitative estimate of drug-likeness (QED) is 0.0678. The number of aliphatic hydroxyl groups is 1. The van der Waals surface area contributed by atoms with E-state index in [-0.39, 0.29) is 26.1 Å². The second-order valence-corrected chi connectivity index (χ2v) is 30.5. The van der Waals surface area contributed by atoms with Gasteiger partial charge in [0.05, 0.1) is 37.3 Å². The average Bonchev–Trinajstić information content (AvgIpc) is 3.04. The third-order valence-electron chi connectivity index (χ3n) is 9.79. The maximum Gasteiger partial charge on any atom is 0.314 e. The van der Waals surface area contributed by atoms with Gasteiger partial charge in [0.25, 0.3) is 0 Å². The number of carbonyl (C=O) groups is 2. The number of aliphatic hydroxyl groups excluding tert-OH is 1. The van der Waals surface area contributed by atoms with E-state index in [4.69, 9.17) is 22.4 Å². The molecule has 0 aliphatic rings. The van der Waals surface area contributed by atoms with Gasteiger partial charge in [0.1, 0.15) is 0 Å². The van der Waals surface area contributed by atoms with E-state index in [0.29, 0.717) is 24.8 Å². The molecule has 0 bridgehead atoms. The van der Waals surface area contributed by atoms with Crippen LogP contribution in [0.2, 0.25) is 51.9 Å². The van der Waals surface area contributed by atoms with Crippen LogP contribution in [0.4, 0.5) is 0 Å². The van der Waals surface area contributed by atoms with Gasteiger partial charge in [-0.3, -0.25) is 9.59 Å². The highest BCUT2D eigenvalue weighted by Crippen LogP contribution is 2.52. The summed E-state index contributed by atoms with van der Waals surface area (Å²) in [6.07, 6.45) is 1.97. The molecule has 0 aromatic heterocycles. The Kier molecular flexibility index (Phi) is 17.2. The molecule has 294 valence electrons. The lowest BCUT2D eigenvalue weighted by atomic mass is 9.58. The van der Waals surface area contributed by atoms with Crippen LogP contribution in [0.25, 0.3) is 0 Å². The lowest BCUT2D eigenvalue weighted by molar-refractivity contribution is -0.166. The molecule has 0 saturated carbocycles. The molecule has 0 radical (unpaired) electrons. The molecular formula is C41H70O8Si3. The van der Waals surface area contributed by atoms with E-state index in [1.807, 2.05) is 43.3 Å². The van der Waals surface area contributed by atoms with E-state index in [2.05, 4.69) is 83.9 Å². The van der Waals surface area contributed by atoms with Gasteiger partial charge < -0.3 is 27.5 Å². The number of methoxy groups -OCH3 is 2. The Morgan fingerprint density at radius 3 is 1.67 bits per heavy atom. The highest BCUT2D eigenvalue weighted by Gasteiger charge is 2.52. The molecule has 11 heteroatoms. The highest BCUT2D eigenvalue weighted by atomic mass is 28.5. The van der Waals surface area contributed by atoms with Gasteiger partial charge in [-0.25, -0.2) is 0 Å². The fraction of sp³-hybridized carbons (Fsp3) is 0.659. The van der Waals surface area contributed by atoms with E-state index in [9.17, 15) is 14.7 Å². The second kappa shape index (κ2) is 19.5. The molecule has 0 aliphatic heterocycles. The molecule has 0 amide bonds. The first-order chi connectivity index (χ1) is 24.1. The monoisotopic (exact) mass is 774 g/mol. The van der Waals surface area contributed by atoms with Crippen molar-refractivity contribution < 1.29 is 37.1 Å². The molecule has 52 heavy (non-hydrogen) atoms. The first kappa shape index (κ1) is 46.0. The summed E-state index contributed by atoms with van der Waals surface area (Å²) < 4.78 is 30.3. The zero-order chi connectivity index (χ0) is 39.4. The summed E-state index contributed by atoms with van der Waals surface area (Å²) in [6.45, 7) is 23.6. The standard InChI is InChI=1S/C41H70O8Si3/c1-14-33(2)28-41(34-22-17-15-18-23-34,35-24-19-16-20-25-35)32-40(4,37(43)46-6)31-39(3,29-36(42)30-45-5)38(44)47-26-21-27-52(13,48-50(7,8)9)49-51(10,11)12/h15-20,22-25,33,36,42H,14,21,26-32H2,1-13H3. The van der Waals surface area contributed by atoms with E-state index in [1.165, 1.54) is 14.2 Å². The van der Waals surface area contributed by atoms with Crippen molar-refractivity contribution in [3.63, 3.8) is 0 Å². The Bertz CT molecular complexity index is 1320. The van der Waals surface area contributed by atoms with Crippen molar-refractivity contribution in [3.05, 3.63) is 71.8 Å². The summed E-state index contributed by atoms with van der Waals surface area (Å²) >= 11 is 0. The van der Waals surface area contributed by atoms with E-state index < -0.39 is 59.5 Å². The van der Waals surface area contributed by atoms with Crippen LogP contribution in [0.1, 0.15) is 77.3 Å². The largest absolute Gasteiger partial charge is 0.469 e. The number of carbonyl (C=O) groups excluding carboxylic acids is 2. The molecule has 8 nitrogen and oxygen atoms in total. The normalized spacial score (nSPS) is 16.3. The Morgan fingerprint density at radius 2 is 1.25 bits per heavy atom. The van der Waals surface area contributed by atoms with Gasteiger partial charge in [-0.2, -0.15) is 0 Å². The number of hydrogen-bond donors (Lipinski definition) is 1. The maximum atomic E-state index is 14.3. The minimum atomic E-state index is -2.53. The van der Waals surface area contributed by atoms with Crippen molar-refractivity contribution in [2.75, 3.05) is 27.4 Å². The minimum absolute atomic E-state index is 0.0514. The van der Waals surface area contributed by atoms with Gasteiger partial charge in [0, 0.05) is 12.5 Å². The first-order valence-electron chi connectivity index (χ1n) is 19.0. The molecule has 0 heterocycles. The molecule has 4 unspecified atom stereocenters. The SMILES string of the molecule is CCC(C)CC(CC(C)(CC(C)(CC(O)COC)C(=O)OCCC[Si](C)(O[Si](C)(C)C)O[Si](C)(C)C)C(=O)OC)(c1ccccc1)c1ccccc1. The van der Waals surface area contributed by atoms with Crippen LogP contribution in [-0.4, -0.2) is 75.8 Å². The molecule has 2 rings (SSSR count). The number of rotatable bonds is 23. The van der Waals surface area contributed by atoms with Crippen molar-refractivity contribution in [1.29, 1.82) is 0 Å². The van der Waals surface area contributed by atoms with E-state index in [1.54, 1.807) is 6.92 Å². The number of benzene rings is 2. The van der Waals surface area contributed by atoms with Crippen LogP contribution < -0.4 is 0 Å². The van der Waals surface area contributed by atoms with Gasteiger partial charge in [0.2, 0.25) is 0 Å². The Balaban J connectivity index is 2.58. The number of hydrogen-bond acceptors (Lipinski definition) is 8. The number of esters is 2. The zero-order valence-corrected chi connectivity index (χ0v) is 37.6. The lowest BCUT2D eigenvalue weighted by Crippen LogP contribution is -2.52. The average molecular weight is 775 g/mol. The van der Waals surface area contributed by atoms with E-state index in [0.717, 1.165) is 24.0 Å². The van der Waals surface area contributed by atoms with Crippen molar-refractivity contribution >= 4 is 37.1 Å². The molecule has 2 aromatic rings. The topological polar surface area (TPSA) is 101 Å². The Hall–Kier alpha value is -2.13. The molecule has 1 N–H and O–H groups in total. The van der Waals surface area contributed by atoms with Crippen molar-refractivity contribution in [3.8, 4) is 0 Å². The zero-order valence-electron chi connectivity index (χ0n) is 34.6. The minimum Gasteiger partial charge on any atom is -0.469 e. The summed E-state index contributed by atoms with van der Waals surface area (Å²) in [5.74, 6) is -0.515. The van der Waals surface area contributed by atoms with Crippen LogP contribution >= 0.6 is 0 Å². The van der Waals surface area contributed by atoms with Crippen LogP contribution in [0.5, 0.6) is 0 Å². The van der Waals surface area contributed by atoms with Gasteiger partial charge >= 0.3 is 20.5 Å². The molecule has 4 atom stereocenters. The van der Waals surface area contributed by atoms with Gasteiger partial charge in [-0.05, 0) is 115 Å². The summed E-state index contributed by atoms with van der Waals surface area (Å²) in [7, 11) is -3.37. The van der Waals surface area contributed by atoms with Crippen LogP contribution in [0.3, 0.4) is 0 Å². The van der Waals surface area contributed by atoms with Crippen LogP contribution in [0, 0.1) is 16.7 Å². The van der Waals surface area contributed by atoms with Crippen molar-refractivity contribution in [2.45, 2.75) is 130 Å².